The van der Waals surface area contributed by atoms with Crippen LogP contribution in [0.25, 0.3) is 11.5 Å². The maximum atomic E-state index is 9.48. The summed E-state index contributed by atoms with van der Waals surface area (Å²) in [5, 5.41) is 17.6. The molecule has 2 aromatic rings. The highest BCUT2D eigenvalue weighted by molar-refractivity contribution is 9.10. The first kappa shape index (κ1) is 12.8. The van der Waals surface area contributed by atoms with Crippen molar-refractivity contribution in [1.82, 2.24) is 15.1 Å². The molecule has 19 heavy (non-hydrogen) atoms. The van der Waals surface area contributed by atoms with Gasteiger partial charge in [-0.05, 0) is 34.5 Å². The summed E-state index contributed by atoms with van der Waals surface area (Å²) >= 11 is 3.47. The first-order valence-electron chi connectivity index (χ1n) is 6.20. The fraction of sp³-hybridized carbons (Fsp3) is 0.385. The molecule has 1 atom stereocenters. The molecular weight excluding hydrogens is 310 g/mol. The number of hydrogen-bond donors (Lipinski definition) is 1. The molecule has 1 saturated heterocycles. The predicted octanol–water partition coefficient (Wildman–Crippen LogP) is 2.07. The Balaban J connectivity index is 1.75. The van der Waals surface area contributed by atoms with Crippen LogP contribution in [0.2, 0.25) is 0 Å². The summed E-state index contributed by atoms with van der Waals surface area (Å²) in [6, 6.07) is 7.74. The minimum atomic E-state index is -0.231. The van der Waals surface area contributed by atoms with E-state index in [1.54, 1.807) is 0 Å². The molecule has 1 aliphatic rings. The lowest BCUT2D eigenvalue weighted by molar-refractivity contribution is 0.171. The van der Waals surface area contributed by atoms with E-state index in [2.05, 4.69) is 31.0 Å². The third kappa shape index (κ3) is 2.86. The average Bonchev–Trinajstić information content (AvgIpc) is 3.00. The van der Waals surface area contributed by atoms with Gasteiger partial charge < -0.3 is 9.52 Å². The molecule has 0 radical (unpaired) electrons. The van der Waals surface area contributed by atoms with Crippen LogP contribution in [-0.4, -0.2) is 39.4 Å². The lowest BCUT2D eigenvalue weighted by atomic mass is 10.2. The van der Waals surface area contributed by atoms with Gasteiger partial charge in [-0.3, -0.25) is 4.90 Å². The van der Waals surface area contributed by atoms with Crippen LogP contribution in [0.4, 0.5) is 0 Å². The molecule has 100 valence electrons. The van der Waals surface area contributed by atoms with Crippen molar-refractivity contribution in [3.63, 3.8) is 0 Å². The van der Waals surface area contributed by atoms with Crippen molar-refractivity contribution in [2.24, 2.45) is 0 Å². The zero-order valence-electron chi connectivity index (χ0n) is 10.3. The molecule has 0 amide bonds. The molecule has 6 heteroatoms. The highest BCUT2D eigenvalue weighted by Gasteiger charge is 2.22. The standard InChI is InChI=1S/C13H14BrN3O2/c14-11-4-2-1-3-10(11)13-16-15-12(19-13)8-17-6-5-9(18)7-17/h1-4,9,18H,5-8H2/t9-/m0/s1. The number of likely N-dealkylation sites (tertiary alicyclic amines) is 1. The van der Waals surface area contributed by atoms with Crippen molar-refractivity contribution in [2.75, 3.05) is 13.1 Å². The highest BCUT2D eigenvalue weighted by atomic mass is 79.9. The molecule has 0 saturated carbocycles. The van der Waals surface area contributed by atoms with Gasteiger partial charge in [-0.2, -0.15) is 0 Å². The number of halogens is 1. The molecule has 1 aromatic heterocycles. The van der Waals surface area contributed by atoms with Crippen LogP contribution in [0.1, 0.15) is 12.3 Å². The van der Waals surface area contributed by atoms with Crippen molar-refractivity contribution < 1.29 is 9.52 Å². The largest absolute Gasteiger partial charge is 0.419 e. The van der Waals surface area contributed by atoms with E-state index in [0.29, 0.717) is 24.9 Å². The van der Waals surface area contributed by atoms with Crippen LogP contribution in [0.5, 0.6) is 0 Å². The zero-order valence-corrected chi connectivity index (χ0v) is 11.9. The summed E-state index contributed by atoms with van der Waals surface area (Å²) in [6.07, 6.45) is 0.580. The van der Waals surface area contributed by atoms with Gasteiger partial charge in [-0.1, -0.05) is 12.1 Å². The molecule has 0 bridgehead atoms. The fourth-order valence-electron chi connectivity index (χ4n) is 2.21. The summed E-state index contributed by atoms with van der Waals surface area (Å²) in [6.45, 7) is 2.13. The number of aromatic nitrogens is 2. The maximum Gasteiger partial charge on any atom is 0.248 e. The summed E-state index contributed by atoms with van der Waals surface area (Å²) in [7, 11) is 0. The maximum absolute atomic E-state index is 9.48. The Labute approximate surface area is 119 Å². The number of rotatable bonds is 3. The summed E-state index contributed by atoms with van der Waals surface area (Å²) in [5.41, 5.74) is 0.891. The van der Waals surface area contributed by atoms with Crippen molar-refractivity contribution in [3.05, 3.63) is 34.6 Å². The summed E-state index contributed by atoms with van der Waals surface area (Å²) in [5.74, 6) is 1.10. The predicted molar refractivity (Wildman–Crippen MR) is 73.3 cm³/mol. The van der Waals surface area contributed by atoms with Crippen molar-refractivity contribution >= 4 is 15.9 Å². The van der Waals surface area contributed by atoms with Crippen molar-refractivity contribution in [2.45, 2.75) is 19.1 Å². The molecule has 1 N–H and O–H groups in total. The molecule has 5 nitrogen and oxygen atoms in total. The molecular formula is C13H14BrN3O2. The van der Waals surface area contributed by atoms with Crippen molar-refractivity contribution in [1.29, 1.82) is 0 Å². The smallest absolute Gasteiger partial charge is 0.248 e. The van der Waals surface area contributed by atoms with Crippen LogP contribution in [0.15, 0.2) is 33.2 Å². The van der Waals surface area contributed by atoms with Gasteiger partial charge in [0.1, 0.15) is 0 Å². The van der Waals surface area contributed by atoms with E-state index in [1.807, 2.05) is 24.3 Å². The van der Waals surface area contributed by atoms with Crippen LogP contribution in [0.3, 0.4) is 0 Å². The Morgan fingerprint density at radius 2 is 2.21 bits per heavy atom. The van der Waals surface area contributed by atoms with Crippen molar-refractivity contribution in [3.8, 4) is 11.5 Å². The molecule has 0 spiro atoms. The first-order valence-corrected chi connectivity index (χ1v) is 6.99. The number of β-amino-alcohol motifs (C(OH)–C–C–N with tert-alkyl or cyclic N) is 1. The van der Waals surface area contributed by atoms with Gasteiger partial charge >= 0.3 is 0 Å². The molecule has 0 aliphatic carbocycles. The second-order valence-electron chi connectivity index (χ2n) is 4.66. The SMILES string of the molecule is O[C@H]1CCN(Cc2nnc(-c3ccccc3Br)o2)C1. The van der Waals surface area contributed by atoms with Gasteiger partial charge in [0.05, 0.1) is 18.2 Å². The van der Waals surface area contributed by atoms with Crippen LogP contribution < -0.4 is 0 Å². The second-order valence-corrected chi connectivity index (χ2v) is 5.51. The lowest BCUT2D eigenvalue weighted by Gasteiger charge is -2.10. The van der Waals surface area contributed by atoms with Crippen LogP contribution in [-0.2, 0) is 6.54 Å². The number of nitrogens with zero attached hydrogens (tertiary/aromatic N) is 3. The van der Waals surface area contributed by atoms with E-state index in [4.69, 9.17) is 4.42 Å². The highest BCUT2D eigenvalue weighted by Crippen LogP contribution is 2.27. The summed E-state index contributed by atoms with van der Waals surface area (Å²) < 4.78 is 6.60. The number of aliphatic hydroxyl groups is 1. The monoisotopic (exact) mass is 323 g/mol. The Bertz CT molecular complexity index is 573. The van der Waals surface area contributed by atoms with Gasteiger partial charge in [0.2, 0.25) is 11.8 Å². The third-order valence-corrected chi connectivity index (χ3v) is 3.87. The topological polar surface area (TPSA) is 62.4 Å². The second kappa shape index (κ2) is 5.40. The average molecular weight is 324 g/mol. The molecule has 2 heterocycles. The number of aliphatic hydroxyl groups excluding tert-OH is 1. The normalized spacial score (nSPS) is 20.0. The first-order chi connectivity index (χ1) is 9.22. The molecule has 1 aliphatic heterocycles. The molecule has 1 aromatic carbocycles. The van der Waals surface area contributed by atoms with E-state index in [9.17, 15) is 5.11 Å². The van der Waals surface area contributed by atoms with E-state index in [-0.39, 0.29) is 6.10 Å². The van der Waals surface area contributed by atoms with Gasteiger partial charge in [0, 0.05) is 17.6 Å². The summed E-state index contributed by atoms with van der Waals surface area (Å²) in [4.78, 5) is 2.11. The van der Waals surface area contributed by atoms with Crippen LogP contribution in [0, 0.1) is 0 Å². The van der Waals surface area contributed by atoms with E-state index >= 15 is 0 Å². The van der Waals surface area contributed by atoms with Crippen LogP contribution >= 0.6 is 15.9 Å². The number of hydrogen-bond acceptors (Lipinski definition) is 5. The Morgan fingerprint density at radius 3 is 2.95 bits per heavy atom. The Hall–Kier alpha value is -1.24. The van der Waals surface area contributed by atoms with Gasteiger partial charge in [-0.15, -0.1) is 10.2 Å². The number of benzene rings is 1. The Kier molecular flexibility index (Phi) is 3.63. The van der Waals surface area contributed by atoms with Gasteiger partial charge in [0.25, 0.3) is 0 Å². The molecule has 0 unspecified atom stereocenters. The van der Waals surface area contributed by atoms with E-state index in [1.165, 1.54) is 0 Å². The quantitative estimate of drug-likeness (QED) is 0.936. The molecule has 1 fully saturated rings. The minimum absolute atomic E-state index is 0.231. The fourth-order valence-corrected chi connectivity index (χ4v) is 2.66. The lowest BCUT2D eigenvalue weighted by Crippen LogP contribution is -2.21. The zero-order chi connectivity index (χ0) is 13.2. The third-order valence-electron chi connectivity index (χ3n) is 3.18. The Morgan fingerprint density at radius 1 is 1.37 bits per heavy atom. The van der Waals surface area contributed by atoms with Gasteiger partial charge in [-0.25, -0.2) is 0 Å². The minimum Gasteiger partial charge on any atom is -0.419 e. The van der Waals surface area contributed by atoms with E-state index < -0.39 is 0 Å². The van der Waals surface area contributed by atoms with E-state index in [0.717, 1.165) is 23.0 Å². The van der Waals surface area contributed by atoms with Gasteiger partial charge in [0.15, 0.2) is 0 Å². The molecule has 3 rings (SSSR count).